The van der Waals surface area contributed by atoms with E-state index in [1.807, 2.05) is 6.07 Å². The summed E-state index contributed by atoms with van der Waals surface area (Å²) < 4.78 is 14.9. The molecule has 122 valence electrons. The predicted molar refractivity (Wildman–Crippen MR) is 86.6 cm³/mol. The van der Waals surface area contributed by atoms with Crippen molar-refractivity contribution in [1.82, 2.24) is 9.47 Å². The van der Waals surface area contributed by atoms with Gasteiger partial charge in [0.05, 0.1) is 18.0 Å². The Hall–Kier alpha value is -1.70. The molecule has 2 aromatic rings. The molecule has 0 saturated carbocycles. The summed E-state index contributed by atoms with van der Waals surface area (Å²) in [5.41, 5.74) is 0.741. The van der Waals surface area contributed by atoms with Crippen molar-refractivity contribution >= 4 is 29.0 Å². The highest BCUT2D eigenvalue weighted by Gasteiger charge is 2.25. The molecule has 3 rings (SSSR count). The maximum atomic E-state index is 13.2. The molecule has 2 amide bonds. The first-order valence-corrected chi connectivity index (χ1v) is 8.32. The molecule has 1 atom stereocenters. The molecule has 1 aromatic carbocycles. The number of urea groups is 1. The van der Waals surface area contributed by atoms with E-state index >= 15 is 0 Å². The molecule has 0 unspecified atom stereocenters. The fourth-order valence-electron chi connectivity index (χ4n) is 2.40. The van der Waals surface area contributed by atoms with Crippen molar-refractivity contribution in [1.29, 1.82) is 0 Å². The second-order valence-corrected chi connectivity index (χ2v) is 6.74. The molecule has 2 heterocycles. The lowest BCUT2D eigenvalue weighted by Gasteiger charge is -2.10. The van der Waals surface area contributed by atoms with Crippen LogP contribution in [0.4, 0.5) is 9.18 Å². The Bertz CT molecular complexity index is 789. The number of carbonyl (C=O) groups is 1. The topological polar surface area (TPSA) is 57.8 Å². The fraction of sp³-hybridized carbons (Fsp3) is 0.333. The quantitative estimate of drug-likeness (QED) is 0.900. The summed E-state index contributed by atoms with van der Waals surface area (Å²) in [5.74, 6) is 0. The van der Waals surface area contributed by atoms with Crippen molar-refractivity contribution in [3.05, 3.63) is 45.2 Å². The van der Waals surface area contributed by atoms with Crippen LogP contribution in [0.1, 0.15) is 11.3 Å². The van der Waals surface area contributed by atoms with E-state index in [0.29, 0.717) is 27.7 Å². The molecular formula is C15H15ClFN3O2S. The number of nitrogens with zero attached hydrogens (tertiary/aromatic N) is 3. The number of amides is 2. The molecule has 1 aliphatic rings. The second-order valence-electron chi connectivity index (χ2n) is 5.21. The Morgan fingerprint density at radius 1 is 1.52 bits per heavy atom. The van der Waals surface area contributed by atoms with E-state index in [4.69, 9.17) is 11.6 Å². The first-order chi connectivity index (χ1) is 11.1. The Balaban J connectivity index is 1.99. The Morgan fingerprint density at radius 3 is 3.00 bits per heavy atom. The average Bonchev–Trinajstić information content (AvgIpc) is 3.13. The van der Waals surface area contributed by atoms with Gasteiger partial charge in [-0.2, -0.15) is 4.99 Å². The van der Waals surface area contributed by atoms with Crippen molar-refractivity contribution in [2.45, 2.75) is 19.2 Å². The van der Waals surface area contributed by atoms with Crippen LogP contribution in [0.3, 0.4) is 0 Å². The molecule has 0 aliphatic carbocycles. The summed E-state index contributed by atoms with van der Waals surface area (Å²) in [6.07, 6.45) is 1.08. The van der Waals surface area contributed by atoms with Crippen molar-refractivity contribution in [2.75, 3.05) is 13.1 Å². The third-order valence-electron chi connectivity index (χ3n) is 3.54. The zero-order chi connectivity index (χ0) is 16.4. The lowest BCUT2D eigenvalue weighted by atomic mass is 10.3. The summed E-state index contributed by atoms with van der Waals surface area (Å²) in [5, 5.41) is 9.90. The van der Waals surface area contributed by atoms with Gasteiger partial charge in [0.1, 0.15) is 6.17 Å². The van der Waals surface area contributed by atoms with E-state index in [9.17, 15) is 14.3 Å². The minimum absolute atomic E-state index is 0.0811. The fourth-order valence-corrected chi connectivity index (χ4v) is 3.42. The average molecular weight is 356 g/mol. The van der Waals surface area contributed by atoms with Crippen LogP contribution in [0.2, 0.25) is 5.02 Å². The van der Waals surface area contributed by atoms with Crippen molar-refractivity contribution in [3.8, 4) is 5.69 Å². The molecule has 1 aliphatic heterocycles. The second kappa shape index (κ2) is 6.82. The van der Waals surface area contributed by atoms with Gasteiger partial charge in [-0.05, 0) is 24.6 Å². The lowest BCUT2D eigenvalue weighted by Crippen LogP contribution is -2.28. The van der Waals surface area contributed by atoms with E-state index < -0.39 is 12.2 Å². The van der Waals surface area contributed by atoms with E-state index in [-0.39, 0.29) is 13.2 Å². The first kappa shape index (κ1) is 16.2. The van der Waals surface area contributed by atoms with E-state index in [1.165, 1.54) is 16.2 Å². The van der Waals surface area contributed by atoms with Crippen molar-refractivity contribution < 1.29 is 14.3 Å². The van der Waals surface area contributed by atoms with Gasteiger partial charge in [-0.15, -0.1) is 0 Å². The van der Waals surface area contributed by atoms with Gasteiger partial charge in [-0.3, -0.25) is 4.57 Å². The highest BCUT2D eigenvalue weighted by Crippen LogP contribution is 2.17. The Morgan fingerprint density at radius 2 is 2.35 bits per heavy atom. The minimum Gasteiger partial charge on any atom is -0.391 e. The van der Waals surface area contributed by atoms with E-state index in [1.54, 1.807) is 29.0 Å². The summed E-state index contributed by atoms with van der Waals surface area (Å²) in [6.45, 7) is 0.307. The normalized spacial score (nSPS) is 18.7. The van der Waals surface area contributed by atoms with Crippen LogP contribution in [-0.2, 0) is 6.61 Å². The number of likely N-dealkylation sites (tertiary alicyclic amines) is 1. The monoisotopic (exact) mass is 355 g/mol. The van der Waals surface area contributed by atoms with Gasteiger partial charge >= 0.3 is 6.03 Å². The standard InChI is InChI=1S/C15H15ClFN3O2S/c16-10-2-1-3-12(6-10)20-8-13(9-21)23-15(20)18-14(22)19-5-4-11(17)7-19/h1-3,6,8,11,21H,4-5,7,9H2/t11-/m1/s1. The molecule has 1 fully saturated rings. The Labute approximate surface area is 141 Å². The number of rotatable bonds is 2. The molecular weight excluding hydrogens is 341 g/mol. The van der Waals surface area contributed by atoms with Crippen molar-refractivity contribution in [2.24, 2.45) is 4.99 Å². The molecule has 1 saturated heterocycles. The summed E-state index contributed by atoms with van der Waals surface area (Å²) in [7, 11) is 0. The summed E-state index contributed by atoms with van der Waals surface area (Å²) >= 11 is 7.22. The number of carbonyl (C=O) groups excluding carboxylic acids is 1. The third-order valence-corrected chi connectivity index (χ3v) is 4.74. The summed E-state index contributed by atoms with van der Waals surface area (Å²) in [6, 6.07) is 6.65. The van der Waals surface area contributed by atoms with E-state index in [2.05, 4.69) is 4.99 Å². The number of aliphatic hydroxyl groups is 1. The van der Waals surface area contributed by atoms with Crippen LogP contribution in [0.15, 0.2) is 35.5 Å². The number of aliphatic hydroxyl groups excluding tert-OH is 1. The van der Waals surface area contributed by atoms with Gasteiger partial charge in [-0.1, -0.05) is 29.0 Å². The number of hydrogen-bond acceptors (Lipinski definition) is 3. The number of alkyl halides is 1. The zero-order valence-corrected chi connectivity index (χ0v) is 13.7. The SMILES string of the molecule is O=C(N=c1sc(CO)cn1-c1cccc(Cl)c1)N1CC[C@@H](F)C1. The van der Waals surface area contributed by atoms with Gasteiger partial charge in [-0.25, -0.2) is 9.18 Å². The number of halogens is 2. The molecule has 1 aromatic heterocycles. The predicted octanol–water partition coefficient (Wildman–Crippen LogP) is 2.75. The molecule has 8 heteroatoms. The maximum absolute atomic E-state index is 13.2. The molecule has 0 spiro atoms. The van der Waals surface area contributed by atoms with Crippen LogP contribution in [0, 0.1) is 0 Å². The highest BCUT2D eigenvalue weighted by atomic mass is 35.5. The van der Waals surface area contributed by atoms with Crippen molar-refractivity contribution in [3.63, 3.8) is 0 Å². The molecule has 5 nitrogen and oxygen atoms in total. The molecule has 23 heavy (non-hydrogen) atoms. The third kappa shape index (κ3) is 3.63. The van der Waals surface area contributed by atoms with Gasteiger partial charge in [0.25, 0.3) is 0 Å². The zero-order valence-electron chi connectivity index (χ0n) is 12.2. The van der Waals surface area contributed by atoms with Gasteiger partial charge in [0, 0.05) is 23.5 Å². The van der Waals surface area contributed by atoms with Gasteiger partial charge in [0.15, 0.2) is 4.80 Å². The minimum atomic E-state index is -0.981. The van der Waals surface area contributed by atoms with Gasteiger partial charge in [0.2, 0.25) is 0 Å². The molecule has 0 bridgehead atoms. The lowest BCUT2D eigenvalue weighted by molar-refractivity contribution is 0.213. The van der Waals surface area contributed by atoms with Crippen LogP contribution < -0.4 is 4.80 Å². The first-order valence-electron chi connectivity index (χ1n) is 7.12. The van der Waals surface area contributed by atoms with Crippen LogP contribution >= 0.6 is 22.9 Å². The maximum Gasteiger partial charge on any atom is 0.346 e. The number of hydrogen-bond donors (Lipinski definition) is 1. The Kier molecular flexibility index (Phi) is 4.79. The van der Waals surface area contributed by atoms with E-state index in [0.717, 1.165) is 5.69 Å². The molecule has 0 radical (unpaired) electrons. The van der Waals surface area contributed by atoms with Crippen LogP contribution in [0.5, 0.6) is 0 Å². The van der Waals surface area contributed by atoms with Gasteiger partial charge < -0.3 is 10.0 Å². The molecule has 1 N–H and O–H groups in total. The van der Waals surface area contributed by atoms with Crippen LogP contribution in [-0.4, -0.2) is 39.9 Å². The van der Waals surface area contributed by atoms with Crippen LogP contribution in [0.25, 0.3) is 5.69 Å². The highest BCUT2D eigenvalue weighted by molar-refractivity contribution is 7.09. The number of aromatic nitrogens is 1. The number of benzene rings is 1. The summed E-state index contributed by atoms with van der Waals surface area (Å²) in [4.78, 5) is 18.8. The largest absolute Gasteiger partial charge is 0.391 e. The smallest absolute Gasteiger partial charge is 0.346 e. The number of thiazole rings is 1.